The number of rotatable bonds is 6. The molecule has 5 rings (SSSR count). The number of carbonyl (C=O) groups is 1. The fourth-order valence-corrected chi connectivity index (χ4v) is 3.40. The molecule has 8 heteroatoms. The molecule has 7 nitrogen and oxygen atoms in total. The van der Waals surface area contributed by atoms with Gasteiger partial charge in [0.1, 0.15) is 17.1 Å². The first-order valence-electron chi connectivity index (χ1n) is 10.2. The maximum absolute atomic E-state index is 13.1. The molecule has 3 heterocycles. The van der Waals surface area contributed by atoms with Crippen LogP contribution < -0.4 is 10.1 Å². The highest BCUT2D eigenvalue weighted by atomic mass is 19.1. The Kier molecular flexibility index (Phi) is 5.47. The first kappa shape index (κ1) is 20.3. The van der Waals surface area contributed by atoms with Crippen LogP contribution in [-0.4, -0.2) is 25.5 Å². The number of hydrogen-bond acceptors (Lipinski definition) is 5. The van der Waals surface area contributed by atoms with Gasteiger partial charge in [0.05, 0.1) is 11.9 Å². The minimum Gasteiger partial charge on any atom is -0.439 e. The molecule has 0 atom stereocenters. The van der Waals surface area contributed by atoms with Crippen molar-refractivity contribution in [1.29, 1.82) is 0 Å². The molecule has 0 aliphatic rings. The van der Waals surface area contributed by atoms with Crippen LogP contribution in [0.25, 0.3) is 16.9 Å². The van der Waals surface area contributed by atoms with Crippen molar-refractivity contribution in [3.63, 3.8) is 0 Å². The summed E-state index contributed by atoms with van der Waals surface area (Å²) in [7, 11) is 0. The molecule has 0 fully saturated rings. The summed E-state index contributed by atoms with van der Waals surface area (Å²) < 4.78 is 20.4. The molecule has 1 amide bonds. The fraction of sp³-hybridized carbons (Fsp3) is 0.0400. The van der Waals surface area contributed by atoms with Gasteiger partial charge in [-0.15, -0.1) is 0 Å². The summed E-state index contributed by atoms with van der Waals surface area (Å²) in [6, 6.07) is 20.8. The van der Waals surface area contributed by atoms with Gasteiger partial charge in [-0.1, -0.05) is 30.3 Å². The number of benzene rings is 2. The van der Waals surface area contributed by atoms with Crippen molar-refractivity contribution < 1.29 is 13.9 Å². The Morgan fingerprint density at radius 2 is 1.76 bits per heavy atom. The van der Waals surface area contributed by atoms with Gasteiger partial charge in [-0.25, -0.2) is 18.9 Å². The van der Waals surface area contributed by atoms with E-state index in [1.54, 1.807) is 29.0 Å². The maximum Gasteiger partial charge on any atom is 0.257 e. The first-order chi connectivity index (χ1) is 16.2. The smallest absolute Gasteiger partial charge is 0.257 e. The van der Waals surface area contributed by atoms with Gasteiger partial charge in [-0.3, -0.25) is 4.79 Å². The molecular formula is C25H18FN5O2. The van der Waals surface area contributed by atoms with E-state index in [9.17, 15) is 9.18 Å². The van der Waals surface area contributed by atoms with E-state index in [0.29, 0.717) is 22.8 Å². The summed E-state index contributed by atoms with van der Waals surface area (Å²) in [6.07, 6.45) is 4.77. The van der Waals surface area contributed by atoms with Gasteiger partial charge in [-0.05, 0) is 42.0 Å². The van der Waals surface area contributed by atoms with Crippen LogP contribution in [0.5, 0.6) is 11.6 Å². The lowest BCUT2D eigenvalue weighted by atomic mass is 10.1. The van der Waals surface area contributed by atoms with E-state index in [4.69, 9.17) is 4.74 Å². The van der Waals surface area contributed by atoms with Crippen LogP contribution in [0.2, 0.25) is 0 Å². The van der Waals surface area contributed by atoms with Crippen molar-refractivity contribution in [2.75, 3.05) is 0 Å². The van der Waals surface area contributed by atoms with Crippen LogP contribution in [-0.2, 0) is 6.54 Å². The summed E-state index contributed by atoms with van der Waals surface area (Å²) in [4.78, 5) is 21.4. The van der Waals surface area contributed by atoms with Crippen molar-refractivity contribution in [3.8, 4) is 22.9 Å². The number of hydrogen-bond donors (Lipinski definition) is 1. The standard InChI is InChI=1S/C25H18FN5O2/c26-19-6-8-20(9-7-19)33-23-14-17(10-12-27-23)15-29-25(32)21-16-30-31-22(11-13-28-24(21)31)18-4-2-1-3-5-18/h1-14,16H,15H2,(H,29,32). The van der Waals surface area contributed by atoms with Crippen LogP contribution in [0.1, 0.15) is 15.9 Å². The van der Waals surface area contributed by atoms with Crippen molar-refractivity contribution in [3.05, 3.63) is 108 Å². The molecule has 33 heavy (non-hydrogen) atoms. The number of pyridine rings is 1. The highest BCUT2D eigenvalue weighted by molar-refractivity contribution is 5.99. The minimum absolute atomic E-state index is 0.261. The molecule has 0 aliphatic carbocycles. The van der Waals surface area contributed by atoms with Crippen molar-refractivity contribution in [2.24, 2.45) is 0 Å². The number of nitrogens with one attached hydrogen (secondary N) is 1. The number of fused-ring (bicyclic) bond motifs is 1. The normalized spacial score (nSPS) is 10.8. The summed E-state index contributed by atoms with van der Waals surface area (Å²) >= 11 is 0. The zero-order valence-corrected chi connectivity index (χ0v) is 17.4. The van der Waals surface area contributed by atoms with Gasteiger partial charge in [0.2, 0.25) is 5.88 Å². The van der Waals surface area contributed by atoms with Crippen molar-refractivity contribution in [1.82, 2.24) is 24.9 Å². The van der Waals surface area contributed by atoms with E-state index < -0.39 is 0 Å². The van der Waals surface area contributed by atoms with Gasteiger partial charge in [0, 0.05) is 30.6 Å². The quantitative estimate of drug-likeness (QED) is 0.416. The highest BCUT2D eigenvalue weighted by Crippen LogP contribution is 2.22. The summed E-state index contributed by atoms with van der Waals surface area (Å²) in [5, 5.41) is 7.26. The number of aromatic nitrogens is 4. The molecule has 0 spiro atoms. The van der Waals surface area contributed by atoms with Crippen LogP contribution in [0.3, 0.4) is 0 Å². The molecular weight excluding hydrogens is 421 g/mol. The number of halogens is 1. The molecule has 0 unspecified atom stereocenters. The Hall–Kier alpha value is -4.59. The molecule has 162 valence electrons. The van der Waals surface area contributed by atoms with Gasteiger partial charge in [-0.2, -0.15) is 5.10 Å². The molecule has 0 radical (unpaired) electrons. The second-order valence-corrected chi connectivity index (χ2v) is 7.23. The lowest BCUT2D eigenvalue weighted by molar-refractivity contribution is 0.0952. The third-order valence-corrected chi connectivity index (χ3v) is 5.00. The Balaban J connectivity index is 1.31. The summed E-state index contributed by atoms with van der Waals surface area (Å²) in [5.41, 5.74) is 3.47. The van der Waals surface area contributed by atoms with Gasteiger partial charge >= 0.3 is 0 Å². The number of amides is 1. The lowest BCUT2D eigenvalue weighted by Gasteiger charge is -2.08. The Labute approximate surface area is 188 Å². The third kappa shape index (κ3) is 4.40. The summed E-state index contributed by atoms with van der Waals surface area (Å²) in [6.45, 7) is 0.261. The Morgan fingerprint density at radius 3 is 2.58 bits per heavy atom. The van der Waals surface area contributed by atoms with Gasteiger partial charge in [0.25, 0.3) is 5.91 Å². The number of ether oxygens (including phenoxy) is 1. The van der Waals surface area contributed by atoms with Gasteiger partial charge in [0.15, 0.2) is 5.65 Å². The lowest BCUT2D eigenvalue weighted by Crippen LogP contribution is -2.22. The SMILES string of the molecule is O=C(NCc1ccnc(Oc2ccc(F)cc2)c1)c1cnn2c(-c3ccccc3)ccnc12. The fourth-order valence-electron chi connectivity index (χ4n) is 3.40. The average Bonchev–Trinajstić information content (AvgIpc) is 3.29. The van der Waals surface area contributed by atoms with Crippen LogP contribution in [0.15, 0.2) is 91.4 Å². The number of carbonyl (C=O) groups excluding carboxylic acids is 1. The maximum atomic E-state index is 13.1. The molecule has 0 bridgehead atoms. The van der Waals surface area contributed by atoms with E-state index in [-0.39, 0.29) is 18.3 Å². The molecule has 2 aromatic carbocycles. The van der Waals surface area contributed by atoms with E-state index in [1.807, 2.05) is 36.4 Å². The van der Waals surface area contributed by atoms with Crippen molar-refractivity contribution in [2.45, 2.75) is 6.54 Å². The Bertz CT molecular complexity index is 1420. The molecule has 5 aromatic rings. The Morgan fingerprint density at radius 1 is 0.970 bits per heavy atom. The van der Waals surface area contributed by atoms with Crippen molar-refractivity contribution >= 4 is 11.6 Å². The zero-order chi connectivity index (χ0) is 22.6. The monoisotopic (exact) mass is 439 g/mol. The van der Waals surface area contributed by atoms with Crippen LogP contribution in [0, 0.1) is 5.82 Å². The minimum atomic E-state index is -0.343. The topological polar surface area (TPSA) is 81.4 Å². The molecule has 0 aliphatic heterocycles. The number of nitrogens with zero attached hydrogens (tertiary/aromatic N) is 4. The van der Waals surface area contributed by atoms with E-state index in [0.717, 1.165) is 16.8 Å². The van der Waals surface area contributed by atoms with Gasteiger partial charge < -0.3 is 10.1 Å². The van der Waals surface area contributed by atoms with Crippen LogP contribution in [0.4, 0.5) is 4.39 Å². The van der Waals surface area contributed by atoms with E-state index >= 15 is 0 Å². The average molecular weight is 439 g/mol. The largest absolute Gasteiger partial charge is 0.439 e. The predicted molar refractivity (Wildman–Crippen MR) is 120 cm³/mol. The first-order valence-corrected chi connectivity index (χ1v) is 10.2. The predicted octanol–water partition coefficient (Wildman–Crippen LogP) is 4.65. The molecule has 3 aromatic heterocycles. The van der Waals surface area contributed by atoms with Crippen LogP contribution >= 0.6 is 0 Å². The molecule has 0 saturated heterocycles. The molecule has 0 saturated carbocycles. The second-order valence-electron chi connectivity index (χ2n) is 7.23. The summed E-state index contributed by atoms with van der Waals surface area (Å²) in [5.74, 6) is 0.181. The highest BCUT2D eigenvalue weighted by Gasteiger charge is 2.16. The second kappa shape index (κ2) is 8.88. The van der Waals surface area contributed by atoms with E-state index in [1.165, 1.54) is 30.5 Å². The van der Waals surface area contributed by atoms with E-state index in [2.05, 4.69) is 20.4 Å². The molecule has 1 N–H and O–H groups in total. The third-order valence-electron chi connectivity index (χ3n) is 5.00. The zero-order valence-electron chi connectivity index (χ0n) is 17.4.